The van der Waals surface area contributed by atoms with Crippen LogP contribution < -0.4 is 0 Å². The highest BCUT2D eigenvalue weighted by molar-refractivity contribution is 6.06. The minimum atomic E-state index is -0.140. The maximum atomic E-state index is 11.7. The van der Waals surface area contributed by atoms with Crippen LogP contribution in [-0.2, 0) is 6.42 Å². The van der Waals surface area contributed by atoms with Crippen molar-refractivity contribution < 1.29 is 9.21 Å². The Labute approximate surface area is 80.9 Å². The second-order valence-electron chi connectivity index (χ2n) is 2.94. The van der Waals surface area contributed by atoms with E-state index in [1.54, 1.807) is 12.3 Å². The molecule has 1 N–H and O–H groups in total. The maximum Gasteiger partial charge on any atom is 0.231 e. The molecule has 2 aromatic heterocycles. The zero-order valence-corrected chi connectivity index (χ0v) is 7.78. The van der Waals surface area contributed by atoms with Crippen molar-refractivity contribution in [3.63, 3.8) is 0 Å². The summed E-state index contributed by atoms with van der Waals surface area (Å²) in [5, 5.41) is 6.30. The molecule has 0 atom stereocenters. The molecule has 0 bridgehead atoms. The van der Waals surface area contributed by atoms with Crippen LogP contribution in [0.3, 0.4) is 0 Å². The van der Waals surface area contributed by atoms with Crippen LogP contribution in [0.1, 0.15) is 28.8 Å². The fraction of sp³-hybridized carbons (Fsp3) is 0.200. The molecule has 2 aromatic rings. The maximum absolute atomic E-state index is 11.7. The largest absolute Gasteiger partial charge is 0.458 e. The summed E-state index contributed by atoms with van der Waals surface area (Å²) in [4.78, 5) is 11.7. The molecular weight excluding hydrogens is 180 g/mol. The summed E-state index contributed by atoms with van der Waals surface area (Å²) in [6.07, 6.45) is 3.83. The fourth-order valence-corrected chi connectivity index (χ4v) is 1.21. The lowest BCUT2D eigenvalue weighted by Crippen LogP contribution is -1.97. The van der Waals surface area contributed by atoms with Crippen LogP contribution >= 0.6 is 0 Å². The fourth-order valence-electron chi connectivity index (χ4n) is 1.21. The van der Waals surface area contributed by atoms with Gasteiger partial charge in [-0.15, -0.1) is 0 Å². The molecule has 0 aliphatic carbocycles. The van der Waals surface area contributed by atoms with Crippen molar-refractivity contribution in [3.05, 3.63) is 41.6 Å². The third kappa shape index (κ3) is 1.46. The standard InChI is InChI=1S/C10H10N2O2/c1-2-8-3-4-9(14-8)10(13)7-5-11-12-6-7/h3-6H,2H2,1H3,(H,11,12). The predicted octanol–water partition coefficient (Wildman–Crippen LogP) is 1.80. The van der Waals surface area contributed by atoms with Crippen molar-refractivity contribution in [2.24, 2.45) is 0 Å². The molecule has 72 valence electrons. The molecule has 0 aromatic carbocycles. The quantitative estimate of drug-likeness (QED) is 0.750. The number of H-pyrrole nitrogens is 1. The Morgan fingerprint density at radius 3 is 3.00 bits per heavy atom. The van der Waals surface area contributed by atoms with E-state index in [0.29, 0.717) is 11.3 Å². The van der Waals surface area contributed by atoms with Gasteiger partial charge in [-0.25, -0.2) is 0 Å². The molecular formula is C10H10N2O2. The Balaban J connectivity index is 2.28. The molecule has 0 aliphatic heterocycles. The normalized spacial score (nSPS) is 10.4. The number of carbonyl (C=O) groups is 1. The molecule has 2 heterocycles. The topological polar surface area (TPSA) is 58.9 Å². The molecule has 14 heavy (non-hydrogen) atoms. The molecule has 4 heteroatoms. The van der Waals surface area contributed by atoms with Crippen LogP contribution in [0.2, 0.25) is 0 Å². The number of hydrogen-bond donors (Lipinski definition) is 1. The van der Waals surface area contributed by atoms with E-state index >= 15 is 0 Å². The number of hydrogen-bond acceptors (Lipinski definition) is 3. The number of rotatable bonds is 3. The van der Waals surface area contributed by atoms with Crippen molar-refractivity contribution in [2.45, 2.75) is 13.3 Å². The summed E-state index contributed by atoms with van der Waals surface area (Å²) in [5.41, 5.74) is 0.516. The van der Waals surface area contributed by atoms with Gasteiger partial charge in [-0.05, 0) is 12.1 Å². The summed E-state index contributed by atoms with van der Waals surface area (Å²) in [6.45, 7) is 1.98. The molecule has 0 aliphatic rings. The summed E-state index contributed by atoms with van der Waals surface area (Å²) < 4.78 is 5.33. The Hall–Kier alpha value is -1.84. The van der Waals surface area contributed by atoms with Gasteiger partial charge in [0.1, 0.15) is 5.76 Å². The number of furan rings is 1. The molecule has 2 rings (SSSR count). The van der Waals surface area contributed by atoms with Gasteiger partial charge in [-0.3, -0.25) is 9.89 Å². The molecule has 0 spiro atoms. The van der Waals surface area contributed by atoms with E-state index in [9.17, 15) is 4.79 Å². The van der Waals surface area contributed by atoms with E-state index in [1.807, 2.05) is 13.0 Å². The number of aromatic nitrogens is 2. The van der Waals surface area contributed by atoms with Gasteiger partial charge in [-0.1, -0.05) is 6.92 Å². The number of carbonyl (C=O) groups excluding carboxylic acids is 1. The first-order chi connectivity index (χ1) is 6.81. The average molecular weight is 190 g/mol. The Morgan fingerprint density at radius 2 is 2.43 bits per heavy atom. The third-order valence-electron chi connectivity index (χ3n) is 1.99. The van der Waals surface area contributed by atoms with Crippen LogP contribution in [0, 0.1) is 0 Å². The van der Waals surface area contributed by atoms with Gasteiger partial charge in [0.25, 0.3) is 0 Å². The Kier molecular flexibility index (Phi) is 2.18. The van der Waals surface area contributed by atoms with Crippen LogP contribution in [0.15, 0.2) is 28.9 Å². The second-order valence-corrected chi connectivity index (χ2v) is 2.94. The third-order valence-corrected chi connectivity index (χ3v) is 1.99. The van der Waals surface area contributed by atoms with Crippen molar-refractivity contribution >= 4 is 5.78 Å². The van der Waals surface area contributed by atoms with Crippen LogP contribution in [-0.4, -0.2) is 16.0 Å². The van der Waals surface area contributed by atoms with Crippen LogP contribution in [0.25, 0.3) is 0 Å². The Morgan fingerprint density at radius 1 is 1.57 bits per heavy atom. The molecule has 0 saturated heterocycles. The Bertz CT molecular complexity index is 429. The van der Waals surface area contributed by atoms with Gasteiger partial charge in [0.2, 0.25) is 5.78 Å². The molecule has 0 fully saturated rings. The molecule has 0 saturated carbocycles. The monoisotopic (exact) mass is 190 g/mol. The zero-order valence-electron chi connectivity index (χ0n) is 7.78. The summed E-state index contributed by atoms with van der Waals surface area (Å²) in [6, 6.07) is 3.50. The smallest absolute Gasteiger partial charge is 0.231 e. The summed E-state index contributed by atoms with van der Waals surface area (Å²) in [7, 11) is 0. The van der Waals surface area contributed by atoms with E-state index in [0.717, 1.165) is 12.2 Å². The predicted molar refractivity (Wildman–Crippen MR) is 50.1 cm³/mol. The lowest BCUT2D eigenvalue weighted by atomic mass is 10.2. The van der Waals surface area contributed by atoms with E-state index in [4.69, 9.17) is 4.42 Å². The minimum absolute atomic E-state index is 0.140. The highest BCUT2D eigenvalue weighted by Gasteiger charge is 2.13. The van der Waals surface area contributed by atoms with Gasteiger partial charge < -0.3 is 4.42 Å². The van der Waals surface area contributed by atoms with E-state index in [1.165, 1.54) is 6.20 Å². The van der Waals surface area contributed by atoms with Crippen molar-refractivity contribution in [1.82, 2.24) is 10.2 Å². The van der Waals surface area contributed by atoms with Gasteiger partial charge in [0.05, 0.1) is 11.8 Å². The SMILES string of the molecule is CCc1ccc(C(=O)c2cn[nH]c2)o1. The van der Waals surface area contributed by atoms with E-state index in [2.05, 4.69) is 10.2 Å². The lowest BCUT2D eigenvalue weighted by molar-refractivity contribution is 0.101. The van der Waals surface area contributed by atoms with Crippen molar-refractivity contribution in [3.8, 4) is 0 Å². The number of ketones is 1. The number of nitrogens with zero attached hydrogens (tertiary/aromatic N) is 1. The molecule has 4 nitrogen and oxygen atoms in total. The zero-order chi connectivity index (χ0) is 9.97. The van der Waals surface area contributed by atoms with E-state index in [-0.39, 0.29) is 5.78 Å². The first-order valence-corrected chi connectivity index (χ1v) is 4.43. The van der Waals surface area contributed by atoms with Gasteiger partial charge in [-0.2, -0.15) is 5.10 Å². The van der Waals surface area contributed by atoms with Crippen molar-refractivity contribution in [1.29, 1.82) is 0 Å². The van der Waals surface area contributed by atoms with Crippen LogP contribution in [0.5, 0.6) is 0 Å². The second kappa shape index (κ2) is 3.49. The van der Waals surface area contributed by atoms with Crippen LogP contribution in [0.4, 0.5) is 0 Å². The van der Waals surface area contributed by atoms with Gasteiger partial charge >= 0.3 is 0 Å². The minimum Gasteiger partial charge on any atom is -0.458 e. The first-order valence-electron chi connectivity index (χ1n) is 4.43. The first kappa shape index (κ1) is 8.74. The molecule has 0 unspecified atom stereocenters. The summed E-state index contributed by atoms with van der Waals surface area (Å²) >= 11 is 0. The highest BCUT2D eigenvalue weighted by atomic mass is 16.3. The number of aryl methyl sites for hydroxylation is 1. The van der Waals surface area contributed by atoms with Gasteiger partial charge in [0.15, 0.2) is 5.76 Å². The van der Waals surface area contributed by atoms with Gasteiger partial charge in [0, 0.05) is 12.6 Å². The number of nitrogens with one attached hydrogen (secondary N) is 1. The average Bonchev–Trinajstić information content (AvgIpc) is 2.88. The summed E-state index contributed by atoms with van der Waals surface area (Å²) in [5.74, 6) is 1.04. The number of aromatic amines is 1. The molecule has 0 amide bonds. The molecule has 0 radical (unpaired) electrons. The lowest BCUT2D eigenvalue weighted by Gasteiger charge is -1.91. The van der Waals surface area contributed by atoms with E-state index < -0.39 is 0 Å². The van der Waals surface area contributed by atoms with Crippen molar-refractivity contribution in [2.75, 3.05) is 0 Å². The highest BCUT2D eigenvalue weighted by Crippen LogP contribution is 2.12.